The second-order valence-electron chi connectivity index (χ2n) is 8.45. The summed E-state index contributed by atoms with van der Waals surface area (Å²) >= 11 is 0. The van der Waals surface area contributed by atoms with Crippen molar-refractivity contribution in [1.29, 1.82) is 0 Å². The van der Waals surface area contributed by atoms with Gasteiger partial charge in [-0.15, -0.1) is 0 Å². The van der Waals surface area contributed by atoms with Gasteiger partial charge >= 0.3 is 6.03 Å². The minimum absolute atomic E-state index is 0.0127. The highest BCUT2D eigenvalue weighted by Gasteiger charge is 2.19. The molecule has 36 heavy (non-hydrogen) atoms. The molecule has 1 aliphatic heterocycles. The van der Waals surface area contributed by atoms with Gasteiger partial charge < -0.3 is 36.1 Å². The molecule has 190 valence electrons. The third kappa shape index (κ3) is 5.13. The lowest BCUT2D eigenvalue weighted by atomic mass is 10.0. The molecule has 1 fully saturated rings. The number of anilines is 2. The number of nitrogens with two attached hydrogens (primary N) is 1. The Kier molecular flexibility index (Phi) is 7.74. The first-order chi connectivity index (χ1) is 17.5. The van der Waals surface area contributed by atoms with Crippen LogP contribution in [0.4, 0.5) is 16.2 Å². The van der Waals surface area contributed by atoms with E-state index in [0.29, 0.717) is 54.3 Å². The van der Waals surface area contributed by atoms with Crippen molar-refractivity contribution in [3.8, 4) is 11.5 Å². The second-order valence-corrected chi connectivity index (χ2v) is 8.45. The highest BCUT2D eigenvalue weighted by Crippen LogP contribution is 2.37. The summed E-state index contributed by atoms with van der Waals surface area (Å²) in [5, 5.41) is 10.4. The maximum absolute atomic E-state index is 12.3. The normalized spacial score (nSPS) is 13.1. The van der Waals surface area contributed by atoms with Gasteiger partial charge in [-0.1, -0.05) is 19.1 Å². The third-order valence-electron chi connectivity index (χ3n) is 6.34. The smallest absolute Gasteiger partial charge is 0.317 e. The minimum atomic E-state index is -0.580. The lowest BCUT2D eigenvalue weighted by molar-refractivity contribution is 0.100. The molecule has 0 saturated carbocycles. The molecule has 0 radical (unpaired) electrons. The van der Waals surface area contributed by atoms with Crippen molar-refractivity contribution in [2.75, 3.05) is 45.7 Å². The fourth-order valence-electron chi connectivity index (χ4n) is 4.47. The number of primary amides is 1. The molecule has 1 aromatic heterocycles. The van der Waals surface area contributed by atoms with Crippen LogP contribution in [-0.4, -0.2) is 62.2 Å². The van der Waals surface area contributed by atoms with E-state index in [2.05, 4.69) is 33.9 Å². The number of amides is 3. The third-order valence-corrected chi connectivity index (χ3v) is 6.34. The van der Waals surface area contributed by atoms with Crippen LogP contribution in [0.15, 0.2) is 36.5 Å². The number of benzene rings is 2. The summed E-state index contributed by atoms with van der Waals surface area (Å²) in [4.78, 5) is 30.3. The van der Waals surface area contributed by atoms with Crippen LogP contribution in [0.5, 0.6) is 11.5 Å². The molecule has 3 aromatic rings. The van der Waals surface area contributed by atoms with E-state index in [4.69, 9.17) is 15.2 Å². The number of hydrogen-bond acceptors (Lipinski definition) is 7. The van der Waals surface area contributed by atoms with E-state index in [0.717, 1.165) is 29.8 Å². The van der Waals surface area contributed by atoms with Gasteiger partial charge in [-0.25, -0.2) is 4.79 Å². The number of nitrogens with one attached hydrogen (secondary N) is 3. The average molecular weight is 493 g/mol. The molecule has 10 nitrogen and oxygen atoms in total. The topological polar surface area (TPSA) is 131 Å². The van der Waals surface area contributed by atoms with E-state index in [1.165, 1.54) is 6.20 Å². The van der Waals surface area contributed by atoms with E-state index in [9.17, 15) is 9.59 Å². The van der Waals surface area contributed by atoms with Crippen molar-refractivity contribution < 1.29 is 19.1 Å². The number of pyridine rings is 1. The fraction of sp³-hybridized carbons (Fsp3) is 0.346. The molecule has 4 rings (SSSR count). The molecular formula is C26H32N6O4. The second kappa shape index (κ2) is 11.1. The summed E-state index contributed by atoms with van der Waals surface area (Å²) < 4.78 is 10.9. The van der Waals surface area contributed by atoms with Crippen LogP contribution in [0.1, 0.15) is 28.4 Å². The van der Waals surface area contributed by atoms with Gasteiger partial charge in [0.15, 0.2) is 11.5 Å². The largest absolute Gasteiger partial charge is 0.493 e. The number of aromatic nitrogens is 1. The predicted molar refractivity (Wildman–Crippen MR) is 139 cm³/mol. The zero-order valence-electron chi connectivity index (χ0n) is 20.8. The first-order valence-electron chi connectivity index (χ1n) is 11.9. The van der Waals surface area contributed by atoms with Crippen LogP contribution < -0.4 is 31.2 Å². The zero-order valence-corrected chi connectivity index (χ0v) is 20.8. The molecule has 1 aliphatic rings. The van der Waals surface area contributed by atoms with Crippen LogP contribution in [0.2, 0.25) is 0 Å². The molecule has 1 saturated heterocycles. The number of fused-ring (bicyclic) bond motifs is 1. The van der Waals surface area contributed by atoms with Crippen molar-refractivity contribution in [1.82, 2.24) is 20.5 Å². The van der Waals surface area contributed by atoms with Crippen LogP contribution in [0.25, 0.3) is 10.9 Å². The van der Waals surface area contributed by atoms with Crippen molar-refractivity contribution >= 4 is 34.2 Å². The summed E-state index contributed by atoms with van der Waals surface area (Å²) in [5.41, 5.74) is 10.3. The van der Waals surface area contributed by atoms with Crippen molar-refractivity contribution in [2.24, 2.45) is 5.73 Å². The molecular weight excluding hydrogens is 460 g/mol. The minimum Gasteiger partial charge on any atom is -0.493 e. The number of carbonyl (C=O) groups is 2. The van der Waals surface area contributed by atoms with Crippen LogP contribution in [0, 0.1) is 0 Å². The summed E-state index contributed by atoms with van der Waals surface area (Å²) in [6.45, 7) is 5.52. The van der Waals surface area contributed by atoms with E-state index in [-0.39, 0.29) is 11.6 Å². The first-order valence-corrected chi connectivity index (χ1v) is 11.9. The molecule has 0 atom stereocenters. The number of ether oxygens (including phenoxy) is 2. The molecule has 5 N–H and O–H groups in total. The molecule has 0 unspecified atom stereocenters. The van der Waals surface area contributed by atoms with Crippen molar-refractivity contribution in [3.05, 3.63) is 53.2 Å². The van der Waals surface area contributed by atoms with Gasteiger partial charge in [0.25, 0.3) is 5.91 Å². The summed E-state index contributed by atoms with van der Waals surface area (Å²) in [6.07, 6.45) is 2.26. The quantitative estimate of drug-likeness (QED) is 0.303. The highest BCUT2D eigenvalue weighted by atomic mass is 16.5. The van der Waals surface area contributed by atoms with Crippen LogP contribution in [-0.2, 0) is 13.0 Å². The number of rotatable bonds is 11. The monoisotopic (exact) mass is 492 g/mol. The van der Waals surface area contributed by atoms with Gasteiger partial charge in [-0.3, -0.25) is 9.78 Å². The Bertz CT molecular complexity index is 1280. The number of methoxy groups -OCH3 is 2. The highest BCUT2D eigenvalue weighted by molar-refractivity contribution is 6.08. The van der Waals surface area contributed by atoms with Gasteiger partial charge in [0.2, 0.25) is 0 Å². The molecule has 3 amide bonds. The maximum atomic E-state index is 12.3. The van der Waals surface area contributed by atoms with E-state index < -0.39 is 5.91 Å². The molecule has 2 heterocycles. The molecule has 2 aromatic carbocycles. The Balaban J connectivity index is 1.63. The number of nitrogens with zero attached hydrogens (tertiary/aromatic N) is 2. The Hall–Kier alpha value is -4.05. The van der Waals surface area contributed by atoms with Gasteiger partial charge in [0.05, 0.1) is 31.0 Å². The van der Waals surface area contributed by atoms with E-state index in [1.807, 2.05) is 12.1 Å². The molecule has 0 spiro atoms. The fourth-order valence-corrected chi connectivity index (χ4v) is 4.47. The van der Waals surface area contributed by atoms with Gasteiger partial charge in [0.1, 0.15) is 0 Å². The average Bonchev–Trinajstić information content (AvgIpc) is 3.30. The lowest BCUT2D eigenvalue weighted by Gasteiger charge is -2.19. The molecule has 10 heteroatoms. The zero-order chi connectivity index (χ0) is 25.7. The summed E-state index contributed by atoms with van der Waals surface area (Å²) in [7, 11) is 3.12. The number of carbonyl (C=O) groups excluding carboxylic acids is 2. The van der Waals surface area contributed by atoms with Crippen LogP contribution in [0.3, 0.4) is 0 Å². The summed E-state index contributed by atoms with van der Waals surface area (Å²) in [5.74, 6) is 0.490. The van der Waals surface area contributed by atoms with Crippen molar-refractivity contribution in [2.45, 2.75) is 19.9 Å². The Morgan fingerprint density at radius 3 is 2.67 bits per heavy atom. The summed E-state index contributed by atoms with van der Waals surface area (Å²) in [6, 6.07) is 9.58. The molecule has 0 bridgehead atoms. The maximum Gasteiger partial charge on any atom is 0.317 e. The van der Waals surface area contributed by atoms with Gasteiger partial charge in [-0.2, -0.15) is 0 Å². The van der Waals surface area contributed by atoms with E-state index >= 15 is 0 Å². The lowest BCUT2D eigenvalue weighted by Crippen LogP contribution is -2.34. The van der Waals surface area contributed by atoms with Crippen LogP contribution >= 0.6 is 0 Å². The Morgan fingerprint density at radius 1 is 1.22 bits per heavy atom. The Labute approximate surface area is 210 Å². The standard InChI is InChI=1S/C26H32N6O4/c1-4-17-16(14-28-8-10-32-11-9-29-26(32)34)6-5-7-20(17)31-24-18-12-22(35-2)23(36-3)13-21(18)30-15-19(24)25(27)33/h5-7,12-13,15,28H,4,8-11,14H2,1-3H3,(H2,27,33)(H,29,34)(H,30,31). The van der Waals surface area contributed by atoms with Gasteiger partial charge in [-0.05, 0) is 29.7 Å². The van der Waals surface area contributed by atoms with Crippen molar-refractivity contribution in [3.63, 3.8) is 0 Å². The predicted octanol–water partition coefficient (Wildman–Crippen LogP) is 2.77. The molecule has 0 aliphatic carbocycles. The SMILES string of the molecule is CCc1c(CNCCN2CCNC2=O)cccc1Nc1c(C(N)=O)cnc2cc(OC)c(OC)cc12. The van der Waals surface area contributed by atoms with E-state index in [1.54, 1.807) is 31.3 Å². The number of urea groups is 1. The Morgan fingerprint density at radius 2 is 2.00 bits per heavy atom. The van der Waals surface area contributed by atoms with Gasteiger partial charge in [0, 0.05) is 56.1 Å². The number of hydrogen-bond donors (Lipinski definition) is 4. The first kappa shape index (κ1) is 25.1.